The van der Waals surface area contributed by atoms with Crippen LogP contribution < -0.4 is 9.47 Å². The van der Waals surface area contributed by atoms with Crippen LogP contribution >= 0.6 is 27.5 Å². The molecule has 0 unspecified atom stereocenters. The number of alkyl halides is 3. The van der Waals surface area contributed by atoms with Gasteiger partial charge < -0.3 is 9.47 Å². The minimum atomic E-state index is -4.76. The first-order chi connectivity index (χ1) is 9.73. The van der Waals surface area contributed by atoms with Gasteiger partial charge in [-0.3, -0.25) is 0 Å². The third-order valence-corrected chi connectivity index (χ3v) is 2.94. The van der Waals surface area contributed by atoms with E-state index >= 15 is 0 Å². The summed E-state index contributed by atoms with van der Waals surface area (Å²) in [5.41, 5.74) is 0.598. The lowest BCUT2D eigenvalue weighted by atomic mass is 10.3. The normalized spacial score (nSPS) is 11.3. The molecule has 0 fully saturated rings. The molecule has 0 saturated carbocycles. The summed E-state index contributed by atoms with van der Waals surface area (Å²) in [5, 5.41) is 0.0149. The zero-order valence-corrected chi connectivity index (χ0v) is 12.8. The highest BCUT2D eigenvalue weighted by molar-refractivity contribution is 9.10. The number of benzene rings is 1. The molecule has 4 nitrogen and oxygen atoms in total. The molecule has 2 aromatic rings. The van der Waals surface area contributed by atoms with Gasteiger partial charge in [0.05, 0.1) is 4.47 Å². The van der Waals surface area contributed by atoms with E-state index in [1.54, 1.807) is 13.0 Å². The molecule has 0 bridgehead atoms. The van der Waals surface area contributed by atoms with Crippen LogP contribution in [0.15, 0.2) is 28.7 Å². The molecular formula is C12H7BrClF3N2O2. The Hall–Kier alpha value is -1.54. The molecule has 0 saturated heterocycles. The van der Waals surface area contributed by atoms with Crippen LogP contribution in [-0.4, -0.2) is 16.3 Å². The van der Waals surface area contributed by atoms with Gasteiger partial charge in [-0.05, 0) is 52.7 Å². The minimum Gasteiger partial charge on any atom is -0.439 e. The number of ether oxygens (including phenoxy) is 2. The summed E-state index contributed by atoms with van der Waals surface area (Å²) in [6.07, 6.45) is -4.76. The van der Waals surface area contributed by atoms with Crippen molar-refractivity contribution in [2.75, 3.05) is 0 Å². The summed E-state index contributed by atoms with van der Waals surface area (Å²) in [6, 6.07) is 5.31. The molecule has 0 aliphatic carbocycles. The third-order valence-electron chi connectivity index (χ3n) is 2.15. The van der Waals surface area contributed by atoms with Crippen molar-refractivity contribution in [3.63, 3.8) is 0 Å². The summed E-state index contributed by atoms with van der Waals surface area (Å²) >= 11 is 8.67. The molecule has 1 aromatic carbocycles. The predicted molar refractivity (Wildman–Crippen MR) is 72.7 cm³/mol. The van der Waals surface area contributed by atoms with Crippen LogP contribution in [0.1, 0.15) is 5.69 Å². The largest absolute Gasteiger partial charge is 0.573 e. The van der Waals surface area contributed by atoms with Crippen molar-refractivity contribution in [3.05, 3.63) is 39.7 Å². The number of aromatic nitrogens is 2. The topological polar surface area (TPSA) is 44.2 Å². The van der Waals surface area contributed by atoms with E-state index in [0.29, 0.717) is 5.69 Å². The Kier molecular flexibility index (Phi) is 4.58. The van der Waals surface area contributed by atoms with E-state index in [1.165, 1.54) is 12.1 Å². The summed E-state index contributed by atoms with van der Waals surface area (Å²) in [7, 11) is 0. The van der Waals surface area contributed by atoms with E-state index in [2.05, 4.69) is 30.6 Å². The molecule has 1 aromatic heterocycles. The van der Waals surface area contributed by atoms with Crippen LogP contribution in [-0.2, 0) is 0 Å². The molecule has 9 heteroatoms. The molecule has 0 aliphatic heterocycles. The summed E-state index contributed by atoms with van der Waals surface area (Å²) in [6.45, 7) is 1.70. The van der Waals surface area contributed by atoms with Crippen LogP contribution in [0.25, 0.3) is 0 Å². The average molecular weight is 384 g/mol. The Labute approximate surface area is 131 Å². The fraction of sp³-hybridized carbons (Fsp3) is 0.167. The molecule has 112 valence electrons. The second-order valence-corrected chi connectivity index (χ2v) is 5.05. The van der Waals surface area contributed by atoms with Crippen LogP contribution in [0.5, 0.6) is 17.4 Å². The maximum atomic E-state index is 12.2. The first-order valence-corrected chi connectivity index (χ1v) is 6.64. The second-order valence-electron chi connectivity index (χ2n) is 3.86. The number of aryl methyl sites for hydroxylation is 1. The maximum Gasteiger partial charge on any atom is 0.573 e. The van der Waals surface area contributed by atoms with E-state index in [4.69, 9.17) is 16.3 Å². The highest BCUT2D eigenvalue weighted by Gasteiger charge is 2.32. The summed E-state index contributed by atoms with van der Waals surface area (Å²) in [4.78, 5) is 7.71. The molecule has 1 heterocycles. The Morgan fingerprint density at radius 3 is 2.48 bits per heavy atom. The quantitative estimate of drug-likeness (QED) is 0.708. The number of hydrogen-bond acceptors (Lipinski definition) is 4. The zero-order chi connectivity index (χ0) is 15.6. The Bertz CT molecular complexity index is 647. The molecule has 0 aliphatic rings. The molecule has 0 radical (unpaired) electrons. The average Bonchev–Trinajstić information content (AvgIpc) is 2.30. The van der Waals surface area contributed by atoms with Crippen molar-refractivity contribution >= 4 is 27.5 Å². The van der Waals surface area contributed by atoms with Crippen LogP contribution in [0, 0.1) is 6.92 Å². The van der Waals surface area contributed by atoms with Gasteiger partial charge in [-0.15, -0.1) is 13.2 Å². The number of rotatable bonds is 3. The fourth-order valence-corrected chi connectivity index (χ4v) is 2.09. The molecular weight excluding hydrogens is 376 g/mol. The monoisotopic (exact) mass is 382 g/mol. The smallest absolute Gasteiger partial charge is 0.439 e. The van der Waals surface area contributed by atoms with E-state index < -0.39 is 6.36 Å². The van der Waals surface area contributed by atoms with E-state index in [-0.39, 0.29) is 27.1 Å². The lowest BCUT2D eigenvalue weighted by molar-refractivity contribution is -0.274. The standard InChI is InChI=1S/C12H7BrClF3N2O2/c1-6-4-10(19-11(14)18-6)20-7-2-3-9(8(13)5-7)21-12(15,16)17/h2-5H,1H3. The van der Waals surface area contributed by atoms with Gasteiger partial charge in [0.1, 0.15) is 11.5 Å². The number of halogens is 5. The zero-order valence-electron chi connectivity index (χ0n) is 10.4. The Morgan fingerprint density at radius 1 is 1.19 bits per heavy atom. The van der Waals surface area contributed by atoms with Crippen molar-refractivity contribution in [2.24, 2.45) is 0 Å². The Balaban J connectivity index is 2.20. The van der Waals surface area contributed by atoms with Gasteiger partial charge in [0, 0.05) is 11.8 Å². The number of hydrogen-bond donors (Lipinski definition) is 0. The summed E-state index contributed by atoms with van der Waals surface area (Å²) in [5.74, 6) is 0.0845. The van der Waals surface area contributed by atoms with Gasteiger partial charge in [0.25, 0.3) is 0 Å². The fourth-order valence-electron chi connectivity index (χ4n) is 1.43. The van der Waals surface area contributed by atoms with Gasteiger partial charge in [-0.1, -0.05) is 0 Å². The maximum absolute atomic E-state index is 12.2. The predicted octanol–water partition coefficient (Wildman–Crippen LogP) is 4.89. The van der Waals surface area contributed by atoms with Crippen molar-refractivity contribution < 1.29 is 22.6 Å². The van der Waals surface area contributed by atoms with Gasteiger partial charge >= 0.3 is 6.36 Å². The molecule has 21 heavy (non-hydrogen) atoms. The van der Waals surface area contributed by atoms with E-state index in [1.807, 2.05) is 0 Å². The minimum absolute atomic E-state index is 0.0149. The van der Waals surface area contributed by atoms with Gasteiger partial charge in [-0.25, -0.2) is 4.98 Å². The van der Waals surface area contributed by atoms with Crippen LogP contribution in [0.4, 0.5) is 13.2 Å². The highest BCUT2D eigenvalue weighted by Crippen LogP contribution is 2.34. The van der Waals surface area contributed by atoms with E-state index in [0.717, 1.165) is 6.07 Å². The molecule has 0 atom stereocenters. The molecule has 2 rings (SSSR count). The highest BCUT2D eigenvalue weighted by atomic mass is 79.9. The third kappa shape index (κ3) is 4.75. The van der Waals surface area contributed by atoms with Crippen molar-refractivity contribution in [2.45, 2.75) is 13.3 Å². The first-order valence-electron chi connectivity index (χ1n) is 5.47. The summed E-state index contributed by atoms with van der Waals surface area (Å²) < 4.78 is 45.8. The van der Waals surface area contributed by atoms with Crippen molar-refractivity contribution in [1.29, 1.82) is 0 Å². The van der Waals surface area contributed by atoms with Gasteiger partial charge in [-0.2, -0.15) is 4.98 Å². The molecule has 0 N–H and O–H groups in total. The Morgan fingerprint density at radius 2 is 1.90 bits per heavy atom. The lowest BCUT2D eigenvalue weighted by Crippen LogP contribution is -2.17. The van der Waals surface area contributed by atoms with E-state index in [9.17, 15) is 13.2 Å². The first kappa shape index (κ1) is 15.8. The van der Waals surface area contributed by atoms with Gasteiger partial charge in [0.2, 0.25) is 11.2 Å². The van der Waals surface area contributed by atoms with Crippen molar-refractivity contribution in [3.8, 4) is 17.4 Å². The van der Waals surface area contributed by atoms with Crippen molar-refractivity contribution in [1.82, 2.24) is 9.97 Å². The number of nitrogens with zero attached hydrogens (tertiary/aromatic N) is 2. The molecule has 0 amide bonds. The van der Waals surface area contributed by atoms with Gasteiger partial charge in [0.15, 0.2) is 0 Å². The second kappa shape index (κ2) is 6.07. The lowest BCUT2D eigenvalue weighted by Gasteiger charge is -2.12. The SMILES string of the molecule is Cc1cc(Oc2ccc(OC(F)(F)F)c(Br)c2)nc(Cl)n1. The molecule has 0 spiro atoms. The van der Waals surface area contributed by atoms with Crippen LogP contribution in [0.2, 0.25) is 5.28 Å². The van der Waals surface area contributed by atoms with Crippen LogP contribution in [0.3, 0.4) is 0 Å².